The molecule has 2 heteroatoms. The third-order valence-electron chi connectivity index (χ3n) is 5.97. The first-order valence-electron chi connectivity index (χ1n) is 11.1. The van der Waals surface area contributed by atoms with Gasteiger partial charge in [-0.05, 0) is 18.0 Å². The van der Waals surface area contributed by atoms with Crippen LogP contribution in [0.3, 0.4) is 0 Å². The highest BCUT2D eigenvalue weighted by Crippen LogP contribution is 2.33. The van der Waals surface area contributed by atoms with Crippen molar-refractivity contribution in [2.45, 2.75) is 136 Å². The van der Waals surface area contributed by atoms with E-state index in [0.717, 1.165) is 0 Å². The van der Waals surface area contributed by atoms with E-state index in [1.165, 1.54) is 96.4 Å². The summed E-state index contributed by atoms with van der Waals surface area (Å²) in [6.45, 7) is 15.6. The molecule has 0 aromatic heterocycles. The second-order valence-corrected chi connectivity index (χ2v) is 14.5. The Labute approximate surface area is 155 Å². The van der Waals surface area contributed by atoms with Crippen molar-refractivity contribution in [3.8, 4) is 0 Å². The Balaban J connectivity index is 3.24. The molecule has 0 radical (unpaired) electrons. The van der Waals surface area contributed by atoms with Gasteiger partial charge >= 0.3 is 0 Å². The molecule has 1 N–H and O–H groups in total. The van der Waals surface area contributed by atoms with Crippen LogP contribution < -0.4 is 4.98 Å². The summed E-state index contributed by atoms with van der Waals surface area (Å²) in [6.07, 6.45) is 20.2. The Hall–Kier alpha value is 0.177. The van der Waals surface area contributed by atoms with Crippen LogP contribution in [0.4, 0.5) is 0 Å². The molecule has 0 amide bonds. The molecule has 146 valence electrons. The average molecular weight is 356 g/mol. The molecule has 1 nitrogen and oxygen atoms in total. The molecular formula is C22H49NSi. The highest BCUT2D eigenvalue weighted by Gasteiger charge is 2.34. The van der Waals surface area contributed by atoms with E-state index in [0.29, 0.717) is 5.04 Å². The summed E-state index contributed by atoms with van der Waals surface area (Å²) in [4.78, 5) is 3.88. The van der Waals surface area contributed by atoms with Crippen molar-refractivity contribution in [2.75, 3.05) is 6.54 Å². The van der Waals surface area contributed by atoms with Gasteiger partial charge in [0.05, 0.1) is 0 Å². The van der Waals surface area contributed by atoms with E-state index in [-0.39, 0.29) is 0 Å². The van der Waals surface area contributed by atoms with E-state index in [4.69, 9.17) is 0 Å². The molecule has 0 rings (SSSR count). The van der Waals surface area contributed by atoms with Gasteiger partial charge in [0.25, 0.3) is 0 Å². The molecule has 0 aliphatic carbocycles. The fourth-order valence-electron chi connectivity index (χ4n) is 2.99. The summed E-state index contributed by atoms with van der Waals surface area (Å²) in [6, 6.07) is 0. The van der Waals surface area contributed by atoms with Crippen LogP contribution in [0.1, 0.15) is 118 Å². The van der Waals surface area contributed by atoms with Gasteiger partial charge < -0.3 is 4.98 Å². The summed E-state index contributed by atoms with van der Waals surface area (Å²) in [5, 5.41) is 0.461. The van der Waals surface area contributed by atoms with Gasteiger partial charge in [0.15, 0.2) is 0 Å². The fraction of sp³-hybridized carbons (Fsp3) is 1.00. The smallest absolute Gasteiger partial charge is 0.124 e. The second-order valence-electron chi connectivity index (χ2n) is 9.40. The molecule has 0 atom stereocenters. The monoisotopic (exact) mass is 355 g/mol. The third-order valence-corrected chi connectivity index (χ3v) is 10.9. The van der Waals surface area contributed by atoms with Crippen molar-refractivity contribution in [3.63, 3.8) is 0 Å². The van der Waals surface area contributed by atoms with E-state index in [9.17, 15) is 0 Å². The lowest BCUT2D eigenvalue weighted by Crippen LogP contribution is -2.52. The van der Waals surface area contributed by atoms with Crippen molar-refractivity contribution < 1.29 is 0 Å². The number of rotatable bonds is 16. The van der Waals surface area contributed by atoms with E-state index >= 15 is 0 Å². The topological polar surface area (TPSA) is 12.0 Å². The Morgan fingerprint density at radius 2 is 0.917 bits per heavy atom. The van der Waals surface area contributed by atoms with Gasteiger partial charge in [0.2, 0.25) is 0 Å². The zero-order chi connectivity index (χ0) is 18.3. The van der Waals surface area contributed by atoms with Gasteiger partial charge in [0, 0.05) is 0 Å². The predicted octanol–water partition coefficient (Wildman–Crippen LogP) is 8.06. The van der Waals surface area contributed by atoms with Crippen LogP contribution in [0.5, 0.6) is 0 Å². The summed E-state index contributed by atoms with van der Waals surface area (Å²) in [5.74, 6) is 0. The highest BCUT2D eigenvalue weighted by molar-refractivity contribution is 6.77. The van der Waals surface area contributed by atoms with Crippen molar-refractivity contribution >= 4 is 8.24 Å². The minimum absolute atomic E-state index is 0.461. The standard InChI is InChI=1S/C22H49NSi/c1-7-8-9-10-11-12-13-14-15-16-17-18-19-20-21-23-24(5,6)22(2,3)4/h23H,7-21H2,1-6H3. The van der Waals surface area contributed by atoms with Crippen molar-refractivity contribution in [1.82, 2.24) is 4.98 Å². The van der Waals surface area contributed by atoms with Gasteiger partial charge in [-0.1, -0.05) is 124 Å². The van der Waals surface area contributed by atoms with Gasteiger partial charge in [-0.2, -0.15) is 0 Å². The third kappa shape index (κ3) is 13.5. The molecule has 24 heavy (non-hydrogen) atoms. The van der Waals surface area contributed by atoms with E-state index in [1.807, 2.05) is 0 Å². The molecule has 0 unspecified atom stereocenters. The summed E-state index contributed by atoms with van der Waals surface area (Å²) >= 11 is 0. The van der Waals surface area contributed by atoms with E-state index < -0.39 is 8.24 Å². The summed E-state index contributed by atoms with van der Waals surface area (Å²) in [7, 11) is -1.26. The van der Waals surface area contributed by atoms with E-state index in [2.05, 4.69) is 45.8 Å². The summed E-state index contributed by atoms with van der Waals surface area (Å²) < 4.78 is 0. The maximum Gasteiger partial charge on any atom is 0.124 e. The molecule has 0 aliphatic rings. The number of hydrogen-bond acceptors (Lipinski definition) is 1. The van der Waals surface area contributed by atoms with Crippen molar-refractivity contribution in [3.05, 3.63) is 0 Å². The average Bonchev–Trinajstić information content (AvgIpc) is 2.50. The number of hydrogen-bond donors (Lipinski definition) is 1. The van der Waals surface area contributed by atoms with Gasteiger partial charge in [-0.3, -0.25) is 0 Å². The van der Waals surface area contributed by atoms with Crippen LogP contribution in [0.2, 0.25) is 18.1 Å². The molecule has 0 saturated carbocycles. The van der Waals surface area contributed by atoms with Crippen LogP contribution in [-0.2, 0) is 0 Å². The Morgan fingerprint density at radius 1 is 0.583 bits per heavy atom. The Morgan fingerprint density at radius 3 is 1.25 bits per heavy atom. The first-order chi connectivity index (χ1) is 11.3. The number of nitrogens with one attached hydrogen (secondary N) is 1. The maximum atomic E-state index is 3.88. The van der Waals surface area contributed by atoms with Crippen LogP contribution in [0, 0.1) is 0 Å². The highest BCUT2D eigenvalue weighted by atomic mass is 28.3. The predicted molar refractivity (Wildman–Crippen MR) is 116 cm³/mol. The first kappa shape index (κ1) is 24.2. The second kappa shape index (κ2) is 14.4. The van der Waals surface area contributed by atoms with Crippen LogP contribution in [0.15, 0.2) is 0 Å². The lowest BCUT2D eigenvalue weighted by Gasteiger charge is -2.37. The van der Waals surface area contributed by atoms with E-state index in [1.54, 1.807) is 0 Å². The Kier molecular flexibility index (Phi) is 14.5. The zero-order valence-electron chi connectivity index (χ0n) is 18.1. The SMILES string of the molecule is CCCCCCCCCCCCCCCCN[Si](C)(C)C(C)(C)C. The van der Waals surface area contributed by atoms with Gasteiger partial charge in [-0.25, -0.2) is 0 Å². The van der Waals surface area contributed by atoms with Crippen molar-refractivity contribution in [2.24, 2.45) is 0 Å². The maximum absolute atomic E-state index is 3.88. The minimum Gasteiger partial charge on any atom is -0.337 e. The van der Waals surface area contributed by atoms with Gasteiger partial charge in [0.1, 0.15) is 8.24 Å². The first-order valence-corrected chi connectivity index (χ1v) is 14.1. The molecular weight excluding hydrogens is 306 g/mol. The molecule has 0 spiro atoms. The normalized spacial score (nSPS) is 12.8. The van der Waals surface area contributed by atoms with Crippen LogP contribution >= 0.6 is 0 Å². The lowest BCUT2D eigenvalue weighted by atomic mass is 10.0. The Bertz CT molecular complexity index is 268. The van der Waals surface area contributed by atoms with Crippen LogP contribution in [-0.4, -0.2) is 14.8 Å². The largest absolute Gasteiger partial charge is 0.337 e. The molecule has 0 bridgehead atoms. The molecule has 0 heterocycles. The zero-order valence-corrected chi connectivity index (χ0v) is 19.1. The quantitative estimate of drug-likeness (QED) is 0.218. The molecule has 0 fully saturated rings. The molecule has 0 aromatic rings. The lowest BCUT2D eigenvalue weighted by molar-refractivity contribution is 0.534. The summed E-state index contributed by atoms with van der Waals surface area (Å²) in [5.41, 5.74) is 0. The molecule has 0 aliphatic heterocycles. The molecule has 0 saturated heterocycles. The van der Waals surface area contributed by atoms with Crippen LogP contribution in [0.25, 0.3) is 0 Å². The fourth-order valence-corrected chi connectivity index (χ4v) is 4.32. The van der Waals surface area contributed by atoms with Gasteiger partial charge in [-0.15, -0.1) is 0 Å². The number of unbranched alkanes of at least 4 members (excludes halogenated alkanes) is 13. The molecule has 0 aromatic carbocycles. The minimum atomic E-state index is -1.26. The van der Waals surface area contributed by atoms with Crippen molar-refractivity contribution in [1.29, 1.82) is 0 Å².